The Morgan fingerprint density at radius 2 is 2.06 bits per heavy atom. The van der Waals surface area contributed by atoms with Crippen LogP contribution in [-0.2, 0) is 4.79 Å². The molecule has 0 aromatic heterocycles. The molecule has 2 unspecified atom stereocenters. The molecule has 0 aromatic carbocycles. The molecule has 0 radical (unpaired) electrons. The van der Waals surface area contributed by atoms with Gasteiger partial charge < -0.3 is 0 Å². The molecule has 2 heteroatoms. The minimum Gasteiger partial charge on any atom is -0.300 e. The van der Waals surface area contributed by atoms with Gasteiger partial charge in [-0.15, -0.1) is 0 Å². The van der Waals surface area contributed by atoms with Crippen molar-refractivity contribution < 1.29 is 4.79 Å². The van der Waals surface area contributed by atoms with Crippen LogP contribution in [0, 0.1) is 5.92 Å². The van der Waals surface area contributed by atoms with E-state index in [1.54, 1.807) is 5.57 Å². The topological polar surface area (TPSA) is 20.3 Å². The molecule has 1 aliphatic heterocycles. The Labute approximate surface area is 110 Å². The molecular formula is C16H25NO. The van der Waals surface area contributed by atoms with Gasteiger partial charge in [-0.2, -0.15) is 0 Å². The summed E-state index contributed by atoms with van der Waals surface area (Å²) in [7, 11) is 0. The van der Waals surface area contributed by atoms with Gasteiger partial charge in [0.25, 0.3) is 0 Å². The number of hydrogen-bond acceptors (Lipinski definition) is 2. The van der Waals surface area contributed by atoms with Crippen LogP contribution < -0.4 is 0 Å². The average molecular weight is 247 g/mol. The highest BCUT2D eigenvalue weighted by molar-refractivity contribution is 5.97. The van der Waals surface area contributed by atoms with Crippen LogP contribution >= 0.6 is 0 Å². The van der Waals surface area contributed by atoms with Gasteiger partial charge in [-0.25, -0.2) is 0 Å². The summed E-state index contributed by atoms with van der Waals surface area (Å²) >= 11 is 0. The largest absolute Gasteiger partial charge is 0.300 e. The third-order valence-electron chi connectivity index (χ3n) is 5.12. The molecule has 2 nitrogen and oxygen atoms in total. The van der Waals surface area contributed by atoms with Gasteiger partial charge in [-0.05, 0) is 69.5 Å². The first kappa shape index (κ1) is 12.4. The molecule has 0 N–H and O–H groups in total. The molecule has 18 heavy (non-hydrogen) atoms. The molecule has 100 valence electrons. The van der Waals surface area contributed by atoms with E-state index >= 15 is 0 Å². The summed E-state index contributed by atoms with van der Waals surface area (Å²) in [4.78, 5) is 14.7. The van der Waals surface area contributed by atoms with E-state index < -0.39 is 0 Å². The number of carbonyl (C=O) groups excluding carboxylic acids is 1. The van der Waals surface area contributed by atoms with Crippen LogP contribution in [0.15, 0.2) is 11.1 Å². The van der Waals surface area contributed by atoms with Crippen molar-refractivity contribution in [1.29, 1.82) is 0 Å². The van der Waals surface area contributed by atoms with Crippen molar-refractivity contribution in [2.24, 2.45) is 5.92 Å². The molecule has 0 bridgehead atoms. The van der Waals surface area contributed by atoms with Crippen molar-refractivity contribution >= 4 is 5.78 Å². The van der Waals surface area contributed by atoms with Crippen LogP contribution in [0.4, 0.5) is 0 Å². The predicted molar refractivity (Wildman–Crippen MR) is 73.5 cm³/mol. The number of Topliss-reactive ketones (excluding diaryl/α,β-unsaturated/α-hetero) is 1. The number of allylic oxidation sites excluding steroid dienone is 1. The zero-order valence-electron chi connectivity index (χ0n) is 11.6. The number of carbonyl (C=O) groups is 1. The van der Waals surface area contributed by atoms with Gasteiger partial charge in [0.2, 0.25) is 0 Å². The molecule has 3 aliphatic rings. The standard InChI is InChI=1S/C16H25NO/c1-2-10-17-11-4-6-13-12-5-3-7-16(18)14(12)8-9-15(13)17/h13,15H,2-11H2,1H3. The lowest BCUT2D eigenvalue weighted by Crippen LogP contribution is -2.48. The van der Waals surface area contributed by atoms with Gasteiger partial charge >= 0.3 is 0 Å². The van der Waals surface area contributed by atoms with Crippen molar-refractivity contribution in [1.82, 2.24) is 4.90 Å². The lowest BCUT2D eigenvalue weighted by molar-refractivity contribution is -0.116. The van der Waals surface area contributed by atoms with Crippen LogP contribution in [-0.4, -0.2) is 29.8 Å². The number of rotatable bonds is 2. The molecule has 3 rings (SSSR count). The molecule has 1 fully saturated rings. The molecule has 0 amide bonds. The molecule has 0 aromatic rings. The number of ketones is 1. The van der Waals surface area contributed by atoms with Gasteiger partial charge in [0, 0.05) is 12.5 Å². The summed E-state index contributed by atoms with van der Waals surface area (Å²) in [5.41, 5.74) is 2.82. The van der Waals surface area contributed by atoms with Crippen molar-refractivity contribution in [3.8, 4) is 0 Å². The lowest BCUT2D eigenvalue weighted by atomic mass is 9.69. The first-order valence-electron chi connectivity index (χ1n) is 7.80. The highest BCUT2D eigenvalue weighted by atomic mass is 16.1. The second-order valence-corrected chi connectivity index (χ2v) is 6.17. The second kappa shape index (κ2) is 5.16. The monoisotopic (exact) mass is 247 g/mol. The molecule has 0 saturated carbocycles. The van der Waals surface area contributed by atoms with E-state index in [2.05, 4.69) is 11.8 Å². The number of fused-ring (bicyclic) bond motifs is 2. The van der Waals surface area contributed by atoms with E-state index in [1.807, 2.05) is 0 Å². The minimum absolute atomic E-state index is 0.474. The molecule has 2 atom stereocenters. The summed E-state index contributed by atoms with van der Waals surface area (Å²) in [6.07, 6.45) is 9.34. The van der Waals surface area contributed by atoms with E-state index in [0.29, 0.717) is 5.78 Å². The van der Waals surface area contributed by atoms with E-state index in [4.69, 9.17) is 0 Å². The predicted octanol–water partition coefficient (Wildman–Crippen LogP) is 3.32. The number of piperidine rings is 1. The van der Waals surface area contributed by atoms with E-state index in [0.717, 1.165) is 31.2 Å². The van der Waals surface area contributed by atoms with Crippen molar-refractivity contribution in [2.45, 2.75) is 64.3 Å². The second-order valence-electron chi connectivity index (χ2n) is 6.17. The van der Waals surface area contributed by atoms with Crippen LogP contribution in [0.2, 0.25) is 0 Å². The molecule has 2 aliphatic carbocycles. The number of nitrogens with zero attached hydrogens (tertiary/aromatic N) is 1. The Balaban J connectivity index is 1.85. The highest BCUT2D eigenvalue weighted by Crippen LogP contribution is 2.43. The Bertz CT molecular complexity index is 369. The molecular weight excluding hydrogens is 222 g/mol. The minimum atomic E-state index is 0.474. The van der Waals surface area contributed by atoms with Crippen LogP contribution in [0.1, 0.15) is 58.3 Å². The smallest absolute Gasteiger partial charge is 0.158 e. The SMILES string of the molecule is CCCN1CCCC2C3=C(CCC21)C(=O)CCC3. The fourth-order valence-electron chi connectivity index (χ4n) is 4.40. The van der Waals surface area contributed by atoms with Crippen LogP contribution in [0.3, 0.4) is 0 Å². The number of likely N-dealkylation sites (tertiary alicyclic amines) is 1. The zero-order valence-corrected chi connectivity index (χ0v) is 11.6. The summed E-state index contributed by atoms with van der Waals surface area (Å²) in [5, 5.41) is 0. The Morgan fingerprint density at radius 1 is 1.17 bits per heavy atom. The van der Waals surface area contributed by atoms with Gasteiger partial charge in [0.1, 0.15) is 0 Å². The fourth-order valence-corrected chi connectivity index (χ4v) is 4.40. The van der Waals surface area contributed by atoms with E-state index in [1.165, 1.54) is 50.8 Å². The Hall–Kier alpha value is -0.630. The maximum Gasteiger partial charge on any atom is 0.158 e. The van der Waals surface area contributed by atoms with Crippen LogP contribution in [0.25, 0.3) is 0 Å². The Morgan fingerprint density at radius 3 is 2.89 bits per heavy atom. The van der Waals surface area contributed by atoms with Gasteiger partial charge in [0.15, 0.2) is 5.78 Å². The van der Waals surface area contributed by atoms with Gasteiger partial charge in [-0.3, -0.25) is 9.69 Å². The van der Waals surface area contributed by atoms with Crippen molar-refractivity contribution in [3.05, 3.63) is 11.1 Å². The molecule has 0 spiro atoms. The average Bonchev–Trinajstić information content (AvgIpc) is 2.40. The first-order chi connectivity index (χ1) is 8.81. The first-order valence-corrected chi connectivity index (χ1v) is 7.80. The third kappa shape index (κ3) is 2.05. The van der Waals surface area contributed by atoms with Crippen LogP contribution in [0.5, 0.6) is 0 Å². The number of hydrogen-bond donors (Lipinski definition) is 0. The summed E-state index contributed by atoms with van der Waals surface area (Å²) in [6, 6.07) is 0.753. The van der Waals surface area contributed by atoms with Gasteiger partial charge in [0.05, 0.1) is 0 Å². The molecule has 1 heterocycles. The summed E-state index contributed by atoms with van der Waals surface area (Å²) < 4.78 is 0. The van der Waals surface area contributed by atoms with Crippen molar-refractivity contribution in [3.63, 3.8) is 0 Å². The van der Waals surface area contributed by atoms with E-state index in [9.17, 15) is 4.79 Å². The quantitative estimate of drug-likeness (QED) is 0.746. The molecule has 1 saturated heterocycles. The maximum absolute atomic E-state index is 12.0. The summed E-state index contributed by atoms with van der Waals surface area (Å²) in [5.74, 6) is 1.20. The maximum atomic E-state index is 12.0. The normalized spacial score (nSPS) is 33.3. The van der Waals surface area contributed by atoms with E-state index in [-0.39, 0.29) is 0 Å². The zero-order chi connectivity index (χ0) is 12.5. The third-order valence-corrected chi connectivity index (χ3v) is 5.12. The Kier molecular flexibility index (Phi) is 3.56. The lowest BCUT2D eigenvalue weighted by Gasteiger charge is -2.46. The highest BCUT2D eigenvalue weighted by Gasteiger charge is 2.39. The summed E-state index contributed by atoms with van der Waals surface area (Å²) in [6.45, 7) is 4.81. The van der Waals surface area contributed by atoms with Gasteiger partial charge in [-0.1, -0.05) is 12.5 Å². The van der Waals surface area contributed by atoms with Crippen molar-refractivity contribution in [2.75, 3.05) is 13.1 Å². The fraction of sp³-hybridized carbons (Fsp3) is 0.812.